The van der Waals surface area contributed by atoms with Gasteiger partial charge in [-0.05, 0) is 50.9 Å². The van der Waals surface area contributed by atoms with Crippen LogP contribution in [0.3, 0.4) is 0 Å². The van der Waals surface area contributed by atoms with Gasteiger partial charge in [-0.15, -0.1) is 0 Å². The van der Waals surface area contributed by atoms with Crippen LogP contribution in [0.5, 0.6) is 0 Å². The lowest BCUT2D eigenvalue weighted by atomic mass is 9.91. The number of pyridine rings is 1. The second-order valence-electron chi connectivity index (χ2n) is 4.26. The zero-order valence-corrected chi connectivity index (χ0v) is 9.24. The van der Waals surface area contributed by atoms with Gasteiger partial charge in [0.1, 0.15) is 0 Å². The molecule has 3 nitrogen and oxygen atoms in total. The van der Waals surface area contributed by atoms with E-state index in [9.17, 15) is 0 Å². The smallest absolute Gasteiger partial charge is 0.0373 e. The van der Waals surface area contributed by atoms with Gasteiger partial charge in [-0.3, -0.25) is 4.98 Å². The highest BCUT2D eigenvalue weighted by molar-refractivity contribution is 5.41. The molecule has 2 rings (SSSR count). The minimum atomic E-state index is 0.550. The Bertz CT molecular complexity index is 280. The molecule has 1 unspecified atom stereocenters. The summed E-state index contributed by atoms with van der Waals surface area (Å²) in [6, 6.07) is 4.60. The van der Waals surface area contributed by atoms with Crippen molar-refractivity contribution in [3.05, 3.63) is 24.5 Å². The van der Waals surface area contributed by atoms with E-state index in [-0.39, 0.29) is 0 Å². The van der Waals surface area contributed by atoms with Gasteiger partial charge in [-0.25, -0.2) is 0 Å². The van der Waals surface area contributed by atoms with E-state index in [4.69, 9.17) is 0 Å². The number of anilines is 1. The second-order valence-corrected chi connectivity index (χ2v) is 4.26. The van der Waals surface area contributed by atoms with Crippen molar-refractivity contribution in [3.63, 3.8) is 0 Å². The number of aromatic nitrogens is 1. The summed E-state index contributed by atoms with van der Waals surface area (Å²) in [4.78, 5) is 4.02. The third kappa shape index (κ3) is 2.93. The van der Waals surface area contributed by atoms with Crippen molar-refractivity contribution in [3.8, 4) is 0 Å². The van der Waals surface area contributed by atoms with E-state index >= 15 is 0 Å². The lowest BCUT2D eigenvalue weighted by molar-refractivity contribution is 0.343. The zero-order valence-electron chi connectivity index (χ0n) is 9.24. The van der Waals surface area contributed by atoms with Crippen molar-refractivity contribution in [2.24, 2.45) is 5.92 Å². The van der Waals surface area contributed by atoms with E-state index in [1.54, 1.807) is 0 Å². The van der Waals surface area contributed by atoms with Crippen LogP contribution in [0.25, 0.3) is 0 Å². The van der Waals surface area contributed by atoms with Gasteiger partial charge in [0.25, 0.3) is 0 Å². The SMILES string of the molecule is CC(Nc1ccncc1)C1CCNCC1. The molecule has 1 aromatic heterocycles. The number of rotatable bonds is 3. The Balaban J connectivity index is 1.88. The normalized spacial score (nSPS) is 19.8. The molecule has 3 heteroatoms. The predicted molar refractivity (Wildman–Crippen MR) is 62.9 cm³/mol. The first-order valence-corrected chi connectivity index (χ1v) is 5.73. The summed E-state index contributed by atoms with van der Waals surface area (Å²) >= 11 is 0. The highest BCUT2D eigenvalue weighted by Gasteiger charge is 2.19. The van der Waals surface area contributed by atoms with Gasteiger partial charge >= 0.3 is 0 Å². The van der Waals surface area contributed by atoms with Crippen molar-refractivity contribution in [2.75, 3.05) is 18.4 Å². The van der Waals surface area contributed by atoms with Crippen molar-refractivity contribution in [2.45, 2.75) is 25.8 Å². The van der Waals surface area contributed by atoms with Gasteiger partial charge in [0.2, 0.25) is 0 Å². The summed E-state index contributed by atoms with van der Waals surface area (Å²) < 4.78 is 0. The largest absolute Gasteiger partial charge is 0.382 e. The molecule has 1 fully saturated rings. The number of hydrogen-bond donors (Lipinski definition) is 2. The Morgan fingerprint density at radius 1 is 1.33 bits per heavy atom. The number of hydrogen-bond acceptors (Lipinski definition) is 3. The molecule has 0 aliphatic carbocycles. The maximum atomic E-state index is 4.02. The number of nitrogens with zero attached hydrogens (tertiary/aromatic N) is 1. The Hall–Kier alpha value is -1.09. The summed E-state index contributed by atoms with van der Waals surface area (Å²) in [5, 5.41) is 6.94. The average Bonchev–Trinajstić information content (AvgIpc) is 2.31. The Labute approximate surface area is 91.3 Å². The topological polar surface area (TPSA) is 37.0 Å². The first-order valence-electron chi connectivity index (χ1n) is 5.73. The van der Waals surface area contributed by atoms with Crippen LogP contribution in [0.4, 0.5) is 5.69 Å². The van der Waals surface area contributed by atoms with Crippen LogP contribution in [0.2, 0.25) is 0 Å². The Morgan fingerprint density at radius 2 is 2.00 bits per heavy atom. The van der Waals surface area contributed by atoms with Gasteiger partial charge in [-0.2, -0.15) is 0 Å². The predicted octanol–water partition coefficient (Wildman–Crippen LogP) is 1.88. The molecule has 0 radical (unpaired) electrons. The van der Waals surface area contributed by atoms with Crippen molar-refractivity contribution >= 4 is 5.69 Å². The molecule has 0 saturated carbocycles. The Morgan fingerprint density at radius 3 is 2.67 bits per heavy atom. The molecule has 82 valence electrons. The maximum absolute atomic E-state index is 4.02. The van der Waals surface area contributed by atoms with Gasteiger partial charge in [0.15, 0.2) is 0 Å². The second kappa shape index (κ2) is 5.12. The fourth-order valence-corrected chi connectivity index (χ4v) is 2.17. The minimum Gasteiger partial charge on any atom is -0.382 e. The summed E-state index contributed by atoms with van der Waals surface area (Å²) in [5.74, 6) is 0.791. The lowest BCUT2D eigenvalue weighted by Gasteiger charge is -2.29. The minimum absolute atomic E-state index is 0.550. The quantitative estimate of drug-likeness (QED) is 0.791. The van der Waals surface area contributed by atoms with E-state index in [1.165, 1.54) is 18.5 Å². The van der Waals surface area contributed by atoms with Crippen LogP contribution in [0.15, 0.2) is 24.5 Å². The standard InChI is InChI=1S/C12H19N3/c1-10(11-2-6-13-7-3-11)15-12-4-8-14-9-5-12/h4-5,8-11,13H,2-3,6-7H2,1H3,(H,14,15). The first kappa shape index (κ1) is 10.4. The summed E-state index contributed by atoms with van der Waals surface area (Å²) in [6.45, 7) is 4.59. The highest BCUT2D eigenvalue weighted by Crippen LogP contribution is 2.19. The molecule has 0 spiro atoms. The maximum Gasteiger partial charge on any atom is 0.0373 e. The van der Waals surface area contributed by atoms with E-state index in [0.29, 0.717) is 6.04 Å². The molecule has 2 N–H and O–H groups in total. The molecule has 1 aliphatic heterocycles. The van der Waals surface area contributed by atoms with Crippen LogP contribution < -0.4 is 10.6 Å². The van der Waals surface area contributed by atoms with Gasteiger partial charge in [-0.1, -0.05) is 0 Å². The molecular weight excluding hydrogens is 186 g/mol. The Kier molecular flexibility index (Phi) is 3.56. The van der Waals surface area contributed by atoms with Crippen molar-refractivity contribution in [1.82, 2.24) is 10.3 Å². The van der Waals surface area contributed by atoms with Crippen LogP contribution in [0, 0.1) is 5.92 Å². The third-order valence-corrected chi connectivity index (χ3v) is 3.17. The number of nitrogens with one attached hydrogen (secondary N) is 2. The molecule has 1 saturated heterocycles. The average molecular weight is 205 g/mol. The molecule has 0 aromatic carbocycles. The van der Waals surface area contributed by atoms with Crippen LogP contribution in [-0.4, -0.2) is 24.1 Å². The summed E-state index contributed by atoms with van der Waals surface area (Å²) in [6.07, 6.45) is 6.22. The fraction of sp³-hybridized carbons (Fsp3) is 0.583. The van der Waals surface area contributed by atoms with Gasteiger partial charge < -0.3 is 10.6 Å². The highest BCUT2D eigenvalue weighted by atomic mass is 14.9. The van der Waals surface area contributed by atoms with E-state index in [2.05, 4.69) is 22.5 Å². The molecule has 1 atom stereocenters. The summed E-state index contributed by atoms with van der Waals surface area (Å²) in [7, 11) is 0. The van der Waals surface area contributed by atoms with E-state index in [0.717, 1.165) is 19.0 Å². The number of piperidine rings is 1. The zero-order chi connectivity index (χ0) is 10.5. The van der Waals surface area contributed by atoms with Crippen LogP contribution in [0.1, 0.15) is 19.8 Å². The van der Waals surface area contributed by atoms with Gasteiger partial charge in [0, 0.05) is 24.1 Å². The molecule has 1 aromatic rings. The molecule has 0 amide bonds. The fourth-order valence-electron chi connectivity index (χ4n) is 2.17. The van der Waals surface area contributed by atoms with E-state index < -0.39 is 0 Å². The molecule has 2 heterocycles. The van der Waals surface area contributed by atoms with E-state index in [1.807, 2.05) is 24.5 Å². The third-order valence-electron chi connectivity index (χ3n) is 3.17. The molecule has 15 heavy (non-hydrogen) atoms. The molecule has 0 bridgehead atoms. The van der Waals surface area contributed by atoms with Gasteiger partial charge in [0.05, 0.1) is 0 Å². The van der Waals surface area contributed by atoms with Crippen LogP contribution >= 0.6 is 0 Å². The van der Waals surface area contributed by atoms with Crippen LogP contribution in [-0.2, 0) is 0 Å². The molecular formula is C12H19N3. The monoisotopic (exact) mass is 205 g/mol. The molecule has 1 aliphatic rings. The van der Waals surface area contributed by atoms with Crippen molar-refractivity contribution in [1.29, 1.82) is 0 Å². The summed E-state index contributed by atoms with van der Waals surface area (Å²) in [5.41, 5.74) is 1.18. The first-order chi connectivity index (χ1) is 7.36. The lowest BCUT2D eigenvalue weighted by Crippen LogP contribution is -2.36. The van der Waals surface area contributed by atoms with Crippen molar-refractivity contribution < 1.29 is 0 Å².